The quantitative estimate of drug-likeness (QED) is 0.166. The minimum Gasteiger partial charge on any atom is -0.505 e. The first-order valence-electron chi connectivity index (χ1n) is 3.89. The van der Waals surface area contributed by atoms with E-state index < -0.39 is 46.7 Å². The van der Waals surface area contributed by atoms with Gasteiger partial charge in [-0.3, -0.25) is 9.11 Å². The second-order valence-electron chi connectivity index (χ2n) is 2.76. The number of hydrogen-bond donors (Lipinski definition) is 7. The molecule has 0 saturated heterocycles. The Morgan fingerprint density at radius 3 is 1.84 bits per heavy atom. The first-order valence-corrected chi connectivity index (χ1v) is 5.29. The third kappa shape index (κ3) is 8.74. The topological polar surface area (TPSA) is 217 Å². The Kier molecular flexibility index (Phi) is 11.1. The number of carbonyl (C=O) groups excluding carboxylic acids is 1. The number of aliphatic hydroxyl groups excluding tert-OH is 4. The van der Waals surface area contributed by atoms with Crippen LogP contribution in [0.25, 0.3) is 0 Å². The Hall–Kier alpha value is -0.921. The predicted molar refractivity (Wildman–Crippen MR) is 54.5 cm³/mol. The van der Waals surface area contributed by atoms with Gasteiger partial charge in [-0.05, 0) is 0 Å². The molecule has 0 aromatic heterocycles. The Bertz CT molecular complexity index is 412. The minimum absolute atomic E-state index is 0. The van der Waals surface area contributed by atoms with Gasteiger partial charge < -0.3 is 31.3 Å². The van der Waals surface area contributed by atoms with Crippen LogP contribution in [0.4, 0.5) is 0 Å². The van der Waals surface area contributed by atoms with Crippen molar-refractivity contribution in [2.75, 3.05) is 6.61 Å². The maximum absolute atomic E-state index is 10.5. The molecule has 9 N–H and O–H groups in total. The number of carbonyl (C=O) groups is 1. The third-order valence-electron chi connectivity index (χ3n) is 1.48. The van der Waals surface area contributed by atoms with Crippen molar-refractivity contribution in [1.82, 2.24) is 6.15 Å². The summed E-state index contributed by atoms with van der Waals surface area (Å²) < 4.78 is 35.9. The van der Waals surface area contributed by atoms with Crippen molar-refractivity contribution in [3.05, 3.63) is 11.5 Å². The molecule has 2 atom stereocenters. The van der Waals surface area contributed by atoms with E-state index >= 15 is 0 Å². The van der Waals surface area contributed by atoms with E-state index in [0.717, 1.165) is 0 Å². The molecule has 1 rings (SSSR count). The molecule has 13 heteroatoms. The molecule has 11 nitrogen and oxygen atoms in total. The molecule has 0 aromatic carbocycles. The van der Waals surface area contributed by atoms with E-state index in [1.807, 2.05) is 0 Å². The van der Waals surface area contributed by atoms with Crippen LogP contribution in [-0.4, -0.2) is 62.7 Å². The molecule has 1 heterocycles. The van der Waals surface area contributed by atoms with Gasteiger partial charge in [0.1, 0.15) is 6.10 Å². The Morgan fingerprint density at radius 2 is 1.63 bits per heavy atom. The number of rotatable bonds is 2. The Labute approximate surface area is 118 Å². The molecule has 0 amide bonds. The molecule has 0 spiro atoms. The monoisotopic (exact) mass is 347 g/mol. The van der Waals surface area contributed by atoms with Crippen molar-refractivity contribution >= 4 is 16.4 Å². The van der Waals surface area contributed by atoms with E-state index in [-0.39, 0.29) is 23.2 Å². The van der Waals surface area contributed by atoms with Gasteiger partial charge >= 0.3 is 16.4 Å². The minimum atomic E-state index is -4.67. The van der Waals surface area contributed by atoms with E-state index in [1.165, 1.54) is 0 Å². The smallest absolute Gasteiger partial charge is 0.394 e. The first-order chi connectivity index (χ1) is 7.57. The molecule has 0 radical (unpaired) electrons. The van der Waals surface area contributed by atoms with E-state index in [4.69, 9.17) is 37.9 Å². The number of esters is 1. The predicted octanol–water partition coefficient (Wildman–Crippen LogP) is -1.90. The summed E-state index contributed by atoms with van der Waals surface area (Å²) in [5.41, 5.74) is 0. The summed E-state index contributed by atoms with van der Waals surface area (Å²) >= 11 is 0. The Balaban J connectivity index is -0.000000320. The third-order valence-corrected chi connectivity index (χ3v) is 1.48. The van der Waals surface area contributed by atoms with Crippen molar-refractivity contribution in [2.45, 2.75) is 12.2 Å². The molecule has 1 aliphatic heterocycles. The maximum Gasteiger partial charge on any atom is 0.394 e. The summed E-state index contributed by atoms with van der Waals surface area (Å²) in [6.45, 7) is -0.671. The molecule has 1 aliphatic rings. The van der Waals surface area contributed by atoms with Crippen LogP contribution in [0.1, 0.15) is 0 Å². The molecule has 0 aliphatic carbocycles. The zero-order chi connectivity index (χ0) is 13.8. The summed E-state index contributed by atoms with van der Waals surface area (Å²) in [6, 6.07) is 0. The van der Waals surface area contributed by atoms with Gasteiger partial charge in [0.2, 0.25) is 5.76 Å². The summed E-state index contributed by atoms with van der Waals surface area (Å²) in [7, 11) is -4.67. The second-order valence-corrected chi connectivity index (χ2v) is 3.65. The zero-order valence-electron chi connectivity index (χ0n) is 9.15. The van der Waals surface area contributed by atoms with Crippen molar-refractivity contribution in [1.29, 1.82) is 0 Å². The standard InChI is InChI=1S/C6H8O6.Fe.H3N.H2O4S/c7-1-2(8)5-3(9)4(10)6(11)12-5;;;1-5(2,3)4/h2,5,7-10H,1H2;;1H3;(H2,1,2,3,4)/t2-,5+;;;/m0.../s1. The molecule has 0 saturated carbocycles. The van der Waals surface area contributed by atoms with Crippen LogP contribution >= 0.6 is 0 Å². The van der Waals surface area contributed by atoms with Crippen LogP contribution in [-0.2, 0) is 37.0 Å². The van der Waals surface area contributed by atoms with Crippen LogP contribution in [0.15, 0.2) is 11.5 Å². The summed E-state index contributed by atoms with van der Waals surface area (Å²) in [6.07, 6.45) is -2.78. The van der Waals surface area contributed by atoms with Crippen LogP contribution in [0.2, 0.25) is 0 Å². The average Bonchev–Trinajstić information content (AvgIpc) is 2.42. The Morgan fingerprint density at radius 1 is 1.26 bits per heavy atom. The van der Waals surface area contributed by atoms with Gasteiger partial charge in [-0.1, -0.05) is 0 Å². The fourth-order valence-corrected chi connectivity index (χ4v) is 0.823. The van der Waals surface area contributed by atoms with Gasteiger partial charge in [0.25, 0.3) is 0 Å². The number of cyclic esters (lactones) is 1. The van der Waals surface area contributed by atoms with Crippen LogP contribution in [0.3, 0.4) is 0 Å². The zero-order valence-corrected chi connectivity index (χ0v) is 11.1. The van der Waals surface area contributed by atoms with Crippen LogP contribution < -0.4 is 6.15 Å². The fourth-order valence-electron chi connectivity index (χ4n) is 0.823. The fraction of sp³-hybridized carbons (Fsp3) is 0.500. The maximum atomic E-state index is 10.5. The van der Waals surface area contributed by atoms with Crippen LogP contribution in [0.5, 0.6) is 0 Å². The summed E-state index contributed by atoms with van der Waals surface area (Å²) in [4.78, 5) is 10.5. The van der Waals surface area contributed by atoms with Crippen molar-refractivity contribution in [2.24, 2.45) is 0 Å². The molecule has 0 unspecified atom stereocenters. The molecular weight excluding hydrogens is 334 g/mol. The normalized spacial score (nSPS) is 19.4. The molecule has 0 fully saturated rings. The van der Waals surface area contributed by atoms with Crippen molar-refractivity contribution in [3.8, 4) is 0 Å². The number of hydrogen-bond acceptors (Lipinski definition) is 9. The van der Waals surface area contributed by atoms with Gasteiger partial charge in [-0.2, -0.15) is 8.42 Å². The van der Waals surface area contributed by atoms with Crippen LogP contribution in [0, 0.1) is 0 Å². The SMILES string of the molecule is N.O=C1O[C@H]([C@@H](O)CO)C(O)=C1O.O=S(=O)(O)O.[Fe]. The van der Waals surface area contributed by atoms with Gasteiger partial charge in [0.05, 0.1) is 6.61 Å². The average molecular weight is 347 g/mol. The van der Waals surface area contributed by atoms with Gasteiger partial charge in [0, 0.05) is 17.1 Å². The van der Waals surface area contributed by atoms with Gasteiger partial charge in [-0.15, -0.1) is 0 Å². The van der Waals surface area contributed by atoms with Crippen molar-refractivity contribution in [3.63, 3.8) is 0 Å². The van der Waals surface area contributed by atoms with Crippen molar-refractivity contribution < 1.29 is 64.5 Å². The van der Waals surface area contributed by atoms with E-state index in [1.54, 1.807) is 0 Å². The molecule has 0 bridgehead atoms. The van der Waals surface area contributed by atoms with Gasteiger partial charge in [0.15, 0.2) is 11.9 Å². The summed E-state index contributed by atoms with van der Waals surface area (Å²) in [5, 5.41) is 35.0. The van der Waals surface area contributed by atoms with E-state index in [2.05, 4.69) is 4.74 Å². The molecule has 0 aromatic rings. The number of ether oxygens (including phenoxy) is 1. The molecule has 116 valence electrons. The molecule has 19 heavy (non-hydrogen) atoms. The summed E-state index contributed by atoms with van der Waals surface area (Å²) in [5.74, 6) is -2.78. The first kappa shape index (κ1) is 23.2. The van der Waals surface area contributed by atoms with E-state index in [0.29, 0.717) is 0 Å². The largest absolute Gasteiger partial charge is 0.505 e. The second kappa shape index (κ2) is 9.06. The molecular formula is C6H13FeNO10S. The number of aliphatic hydroxyl groups is 4. The van der Waals surface area contributed by atoms with Gasteiger partial charge in [-0.25, -0.2) is 4.79 Å². The van der Waals surface area contributed by atoms with E-state index in [9.17, 15) is 4.79 Å².